The molecule has 49 heavy (non-hydrogen) atoms. The molecule has 0 N–H and O–H groups in total. The third-order valence-electron chi connectivity index (χ3n) is 7.77. The van der Waals surface area contributed by atoms with Crippen LogP contribution < -0.4 is 0 Å². The number of aromatic nitrogens is 2. The number of rotatable bonds is 21. The average molecular weight is 725 g/mol. The number of carbonyl (C=O) groups is 1. The molecular weight excluding hydrogens is 677 g/mol. The van der Waals surface area contributed by atoms with Gasteiger partial charge in [0.25, 0.3) is 0 Å². The van der Waals surface area contributed by atoms with Crippen molar-refractivity contribution in [2.75, 3.05) is 58.5 Å². The Morgan fingerprint density at radius 3 is 2.12 bits per heavy atom. The molecule has 0 fully saturated rings. The van der Waals surface area contributed by atoms with Gasteiger partial charge in [0.1, 0.15) is 0 Å². The number of thioether (sulfide) groups is 1. The monoisotopic (exact) mass is 724 g/mol. The van der Waals surface area contributed by atoms with Crippen molar-refractivity contribution in [3.8, 4) is 11.1 Å². The van der Waals surface area contributed by atoms with Crippen LogP contribution in [-0.2, 0) is 29.7 Å². The maximum Gasteiger partial charge on any atom is 0.410 e. The van der Waals surface area contributed by atoms with Gasteiger partial charge in [0.2, 0.25) is 0 Å². The Balaban J connectivity index is 1.11. The summed E-state index contributed by atoms with van der Waals surface area (Å²) in [6.07, 6.45) is 3.75. The van der Waals surface area contributed by atoms with E-state index in [-0.39, 0.29) is 12.2 Å². The van der Waals surface area contributed by atoms with E-state index >= 15 is 0 Å². The lowest BCUT2D eigenvalue weighted by atomic mass is 10.1. The molecule has 0 saturated heterocycles. The number of carbonyl (C=O) groups excluding carboxylic acids is 1. The molecule has 12 nitrogen and oxygen atoms in total. The lowest BCUT2D eigenvalue weighted by Gasteiger charge is -2.34. The number of fused-ring (bicyclic) bond motifs is 3. The zero-order valence-electron chi connectivity index (χ0n) is 29.2. The number of amides is 1. The molecule has 0 unspecified atom stereocenters. The molecule has 1 aliphatic carbocycles. The molecule has 0 saturated carbocycles. The standard InChI is InChI=1S/C34H48N6O6SSi2/c1-40(34(41)45-32-30-13-8-6-11-28(30)29-12-7-9-14-31(29)32)16-10-22-48(2,3)46-49(4,5)26-47-33-36-23-27(24-37-33)25-44-21-20-43-19-18-42-17-15-38-39-35/h6-9,11-14,23-24,32H,10,15-22,25-26H2,1-5H3. The van der Waals surface area contributed by atoms with Crippen molar-refractivity contribution in [2.45, 2.75) is 56.5 Å². The van der Waals surface area contributed by atoms with Crippen LogP contribution in [0.25, 0.3) is 21.6 Å². The van der Waals surface area contributed by atoms with E-state index in [1.807, 2.05) is 43.4 Å². The minimum Gasteiger partial charge on any atom is -0.455 e. The average Bonchev–Trinajstić information content (AvgIpc) is 3.39. The summed E-state index contributed by atoms with van der Waals surface area (Å²) in [5, 5.41) is 4.98. The van der Waals surface area contributed by atoms with Gasteiger partial charge in [-0.1, -0.05) is 65.4 Å². The molecule has 0 radical (unpaired) electrons. The van der Waals surface area contributed by atoms with Crippen LogP contribution in [0.3, 0.4) is 0 Å². The molecular formula is C34H48N6O6SSi2. The molecule has 1 aromatic heterocycles. The van der Waals surface area contributed by atoms with Crippen LogP contribution in [0.1, 0.15) is 29.2 Å². The van der Waals surface area contributed by atoms with Gasteiger partial charge in [0.15, 0.2) is 27.9 Å². The molecule has 264 valence electrons. The zero-order chi connectivity index (χ0) is 35.1. The second-order valence-electron chi connectivity index (χ2n) is 13.0. The van der Waals surface area contributed by atoms with E-state index in [0.717, 1.165) is 50.8 Å². The number of benzene rings is 2. The quantitative estimate of drug-likeness (QED) is 0.0206. The molecule has 1 heterocycles. The minimum atomic E-state index is -2.00. The summed E-state index contributed by atoms with van der Waals surface area (Å²) in [6.45, 7) is 12.6. The van der Waals surface area contributed by atoms with Crippen molar-refractivity contribution in [3.05, 3.63) is 88.1 Å². The summed E-state index contributed by atoms with van der Waals surface area (Å²) in [7, 11) is -2.17. The Hall–Kier alpha value is -3.28. The topological polar surface area (TPSA) is 141 Å². The second kappa shape index (κ2) is 19.2. The van der Waals surface area contributed by atoms with E-state index in [9.17, 15) is 4.79 Å². The third-order valence-corrected chi connectivity index (χ3v) is 17.6. The molecule has 4 rings (SSSR count). The first kappa shape index (κ1) is 38.5. The van der Waals surface area contributed by atoms with Crippen molar-refractivity contribution >= 4 is 34.5 Å². The number of azide groups is 1. The van der Waals surface area contributed by atoms with E-state index in [4.69, 9.17) is 28.6 Å². The van der Waals surface area contributed by atoms with E-state index in [0.29, 0.717) is 52.7 Å². The van der Waals surface area contributed by atoms with Crippen LogP contribution >= 0.6 is 11.8 Å². The first-order chi connectivity index (χ1) is 23.6. The predicted molar refractivity (Wildman–Crippen MR) is 196 cm³/mol. The van der Waals surface area contributed by atoms with Gasteiger partial charge in [-0.25, -0.2) is 14.8 Å². The molecule has 2 aromatic carbocycles. The lowest BCUT2D eigenvalue weighted by Crippen LogP contribution is -2.46. The van der Waals surface area contributed by atoms with Gasteiger partial charge in [-0.15, -0.1) is 0 Å². The minimum absolute atomic E-state index is 0.312. The molecule has 15 heteroatoms. The lowest BCUT2D eigenvalue weighted by molar-refractivity contribution is 0.0118. The Morgan fingerprint density at radius 1 is 0.898 bits per heavy atom. The maximum absolute atomic E-state index is 13.1. The highest BCUT2D eigenvalue weighted by Gasteiger charge is 2.34. The highest BCUT2D eigenvalue weighted by atomic mass is 32.2. The van der Waals surface area contributed by atoms with Gasteiger partial charge in [-0.2, -0.15) is 0 Å². The first-order valence-corrected chi connectivity index (χ1v) is 23.8. The van der Waals surface area contributed by atoms with Crippen LogP contribution in [-0.4, -0.2) is 96.1 Å². The fourth-order valence-corrected chi connectivity index (χ4v) is 15.9. The van der Waals surface area contributed by atoms with Gasteiger partial charge in [0.05, 0.1) is 39.6 Å². The summed E-state index contributed by atoms with van der Waals surface area (Å²) < 4.78 is 29.3. The highest BCUT2D eigenvalue weighted by Crippen LogP contribution is 2.45. The van der Waals surface area contributed by atoms with E-state index in [2.05, 4.69) is 58.3 Å². The molecule has 3 aromatic rings. The van der Waals surface area contributed by atoms with Crippen molar-refractivity contribution in [1.82, 2.24) is 14.9 Å². The molecule has 1 aliphatic rings. The van der Waals surface area contributed by atoms with E-state index in [1.165, 1.54) is 0 Å². The fourth-order valence-electron chi connectivity index (χ4n) is 5.60. The number of nitrogens with zero attached hydrogens (tertiary/aromatic N) is 6. The summed E-state index contributed by atoms with van der Waals surface area (Å²) >= 11 is 1.63. The second-order valence-corrected chi connectivity index (χ2v) is 23.1. The predicted octanol–water partition coefficient (Wildman–Crippen LogP) is 7.62. The van der Waals surface area contributed by atoms with E-state index in [1.54, 1.807) is 29.1 Å². The van der Waals surface area contributed by atoms with Gasteiger partial charge in [-0.3, -0.25) is 0 Å². The first-order valence-electron chi connectivity index (χ1n) is 16.6. The smallest absolute Gasteiger partial charge is 0.410 e. The number of hydrogen-bond acceptors (Lipinski definition) is 10. The Bertz CT molecular complexity index is 1500. The molecule has 0 atom stereocenters. The molecule has 0 aliphatic heterocycles. The van der Waals surface area contributed by atoms with Crippen LogP contribution in [0, 0.1) is 0 Å². The Kier molecular flexibility index (Phi) is 15.1. The highest BCUT2D eigenvalue weighted by molar-refractivity contribution is 8.00. The third kappa shape index (κ3) is 12.5. The zero-order valence-corrected chi connectivity index (χ0v) is 32.0. The Labute approximate surface area is 295 Å². The number of ether oxygens (including phenoxy) is 4. The molecule has 0 spiro atoms. The largest absolute Gasteiger partial charge is 0.455 e. The van der Waals surface area contributed by atoms with Crippen molar-refractivity contribution in [2.24, 2.45) is 5.11 Å². The van der Waals surface area contributed by atoms with Gasteiger partial charge < -0.3 is 28.0 Å². The Morgan fingerprint density at radius 2 is 1.49 bits per heavy atom. The van der Waals surface area contributed by atoms with E-state index < -0.39 is 16.6 Å². The summed E-state index contributed by atoms with van der Waals surface area (Å²) in [5.41, 5.74) is 13.4. The van der Waals surface area contributed by atoms with Gasteiger partial charge in [-0.05, 0) is 55.3 Å². The van der Waals surface area contributed by atoms with Gasteiger partial charge in [0, 0.05) is 59.5 Å². The maximum atomic E-state index is 13.1. The number of hydrogen-bond donors (Lipinski definition) is 0. The molecule has 1 amide bonds. The summed E-state index contributed by atoms with van der Waals surface area (Å²) in [4.78, 5) is 26.5. The normalized spacial score (nSPS) is 12.7. The van der Waals surface area contributed by atoms with Crippen LogP contribution in [0.5, 0.6) is 0 Å². The van der Waals surface area contributed by atoms with Crippen molar-refractivity contribution < 1.29 is 27.9 Å². The van der Waals surface area contributed by atoms with Crippen molar-refractivity contribution in [1.29, 1.82) is 0 Å². The fraction of sp³-hybridized carbons (Fsp3) is 0.500. The molecule has 0 bridgehead atoms. The van der Waals surface area contributed by atoms with Crippen LogP contribution in [0.4, 0.5) is 4.79 Å². The summed E-state index contributed by atoms with van der Waals surface area (Å²) in [5.74, 6) is 0. The van der Waals surface area contributed by atoms with Crippen LogP contribution in [0.15, 0.2) is 71.2 Å². The van der Waals surface area contributed by atoms with Gasteiger partial charge >= 0.3 is 6.09 Å². The van der Waals surface area contributed by atoms with Crippen molar-refractivity contribution in [3.63, 3.8) is 0 Å². The SMILES string of the molecule is CN(CCC[Si](C)(C)O[Si](C)(C)CSc1ncc(COCCOCCOCCN=[N+]=[N-])cn1)C(=O)OC1c2ccccc2-c2ccccc21. The van der Waals surface area contributed by atoms with Crippen LogP contribution in [0.2, 0.25) is 32.2 Å². The summed E-state index contributed by atoms with van der Waals surface area (Å²) in [6, 6.07) is 17.2.